The van der Waals surface area contributed by atoms with Gasteiger partial charge < -0.3 is 10.2 Å². The van der Waals surface area contributed by atoms with Crippen molar-refractivity contribution in [1.82, 2.24) is 0 Å². The molecule has 2 nitrogen and oxygen atoms in total. The van der Waals surface area contributed by atoms with E-state index in [0.29, 0.717) is 0 Å². The molecule has 1 aliphatic rings. The van der Waals surface area contributed by atoms with Crippen LogP contribution in [0, 0.1) is 5.41 Å². The van der Waals surface area contributed by atoms with E-state index in [2.05, 4.69) is 26.7 Å². The molecule has 0 aromatic carbocycles. The van der Waals surface area contributed by atoms with Crippen LogP contribution in [0.4, 0.5) is 0 Å². The van der Waals surface area contributed by atoms with Crippen molar-refractivity contribution in [3.05, 3.63) is 84.9 Å². The van der Waals surface area contributed by atoms with Crippen LogP contribution in [-0.4, -0.2) is 10.2 Å². The molecule has 23 heavy (non-hydrogen) atoms. The Morgan fingerprint density at radius 1 is 0.783 bits per heavy atom. The first-order valence-electron chi connectivity index (χ1n) is 8.07. The number of rotatable bonds is 7. The molecule has 0 saturated heterocycles. The second kappa shape index (κ2) is 9.04. The minimum Gasteiger partial charge on any atom is -0.508 e. The highest BCUT2D eigenvalue weighted by Crippen LogP contribution is 2.48. The van der Waals surface area contributed by atoms with Crippen LogP contribution in [-0.2, 0) is 0 Å². The molecular weight excluding hydrogens is 284 g/mol. The maximum Gasteiger partial charge on any atom is 0.114 e. The molecule has 0 aliphatic heterocycles. The second-order valence-electron chi connectivity index (χ2n) is 5.91. The molecule has 1 aliphatic carbocycles. The summed E-state index contributed by atoms with van der Waals surface area (Å²) in [6.07, 6.45) is 17.5. The predicted octanol–water partition coefficient (Wildman–Crippen LogP) is 6.25. The number of aliphatic hydroxyl groups excluding tert-OH is 2. The zero-order valence-electron chi connectivity index (χ0n) is 14.1. The lowest BCUT2D eigenvalue weighted by atomic mass is 9.64. The van der Waals surface area contributed by atoms with E-state index in [1.54, 1.807) is 12.2 Å². The van der Waals surface area contributed by atoms with Crippen molar-refractivity contribution in [3.8, 4) is 0 Å². The fraction of sp³-hybridized carbons (Fsp3) is 0.333. The largest absolute Gasteiger partial charge is 0.508 e. The molecule has 0 aromatic rings. The molecule has 0 amide bonds. The van der Waals surface area contributed by atoms with E-state index in [-0.39, 0.29) is 16.9 Å². The van der Waals surface area contributed by atoms with Gasteiger partial charge in [0, 0.05) is 5.41 Å². The van der Waals surface area contributed by atoms with Crippen LogP contribution >= 0.6 is 0 Å². The predicted molar refractivity (Wildman–Crippen MR) is 99.4 cm³/mol. The quantitative estimate of drug-likeness (QED) is 0.431. The van der Waals surface area contributed by atoms with Crippen molar-refractivity contribution in [1.29, 1.82) is 0 Å². The van der Waals surface area contributed by atoms with Gasteiger partial charge in [-0.05, 0) is 49.6 Å². The summed E-state index contributed by atoms with van der Waals surface area (Å²) in [7, 11) is 0. The lowest BCUT2D eigenvalue weighted by Gasteiger charge is -2.40. The van der Waals surface area contributed by atoms with Gasteiger partial charge in [-0.2, -0.15) is 0 Å². The van der Waals surface area contributed by atoms with Crippen LogP contribution in [0.15, 0.2) is 84.9 Å². The summed E-state index contributed by atoms with van der Waals surface area (Å²) in [5, 5.41) is 19.2. The summed E-state index contributed by atoms with van der Waals surface area (Å²) in [6.45, 7) is 13.2. The maximum absolute atomic E-state index is 9.63. The van der Waals surface area contributed by atoms with Gasteiger partial charge in [-0.25, -0.2) is 0 Å². The average molecular weight is 312 g/mol. The van der Waals surface area contributed by atoms with Crippen molar-refractivity contribution >= 4 is 0 Å². The third-order valence-corrected chi connectivity index (χ3v) is 4.59. The first-order chi connectivity index (χ1) is 11.0. The van der Waals surface area contributed by atoms with Crippen LogP contribution in [0.1, 0.15) is 39.0 Å². The summed E-state index contributed by atoms with van der Waals surface area (Å²) in [5.41, 5.74) is 2.17. The van der Waals surface area contributed by atoms with E-state index in [0.717, 1.165) is 31.3 Å². The van der Waals surface area contributed by atoms with Crippen LogP contribution < -0.4 is 0 Å². The molecule has 1 saturated carbocycles. The summed E-state index contributed by atoms with van der Waals surface area (Å²) >= 11 is 0. The zero-order valence-corrected chi connectivity index (χ0v) is 14.1. The third kappa shape index (κ3) is 4.88. The molecule has 0 atom stereocenters. The van der Waals surface area contributed by atoms with Crippen molar-refractivity contribution < 1.29 is 10.2 Å². The van der Waals surface area contributed by atoms with Crippen molar-refractivity contribution in [2.24, 2.45) is 5.41 Å². The van der Waals surface area contributed by atoms with Crippen molar-refractivity contribution in [2.45, 2.75) is 39.0 Å². The lowest BCUT2D eigenvalue weighted by molar-refractivity contribution is 0.295. The molecule has 0 heterocycles. The Hall–Kier alpha value is -2.22. The summed E-state index contributed by atoms with van der Waals surface area (Å²) in [6, 6.07) is 0. The van der Waals surface area contributed by atoms with Gasteiger partial charge >= 0.3 is 0 Å². The fourth-order valence-electron chi connectivity index (χ4n) is 3.17. The Labute approximate surface area is 140 Å². The molecule has 2 N–H and O–H groups in total. The molecule has 1 fully saturated rings. The minimum atomic E-state index is -0.101. The first kappa shape index (κ1) is 18.8. The van der Waals surface area contributed by atoms with Crippen molar-refractivity contribution in [3.63, 3.8) is 0 Å². The fourth-order valence-corrected chi connectivity index (χ4v) is 3.17. The Morgan fingerprint density at radius 3 is 1.78 bits per heavy atom. The minimum absolute atomic E-state index is 0.101. The number of hydrogen-bond acceptors (Lipinski definition) is 2. The van der Waals surface area contributed by atoms with Gasteiger partial charge in [0.25, 0.3) is 0 Å². The molecule has 0 bridgehead atoms. The number of hydrogen-bond donors (Lipinski definition) is 2. The molecule has 1 rings (SSSR count). The monoisotopic (exact) mass is 312 g/mol. The Morgan fingerprint density at radius 2 is 1.30 bits per heavy atom. The standard InChI is InChI=1S/C21H28O2/c1-5-18(12-14-20(23)7-3)21(15-9-8-10-16-21)17(4)11-13-19(22)6-2/h5-7,11-14,22-23H,1-3,8-10,15-16H2,4H3/b17-11+,18-12+,19-13+,20-14+. The maximum atomic E-state index is 9.63. The summed E-state index contributed by atoms with van der Waals surface area (Å²) < 4.78 is 0. The topological polar surface area (TPSA) is 40.5 Å². The van der Waals surface area contributed by atoms with Gasteiger partial charge in [0.15, 0.2) is 0 Å². The van der Waals surface area contributed by atoms with E-state index in [4.69, 9.17) is 0 Å². The van der Waals surface area contributed by atoms with Gasteiger partial charge in [-0.15, -0.1) is 0 Å². The number of aliphatic hydroxyl groups is 2. The normalized spacial score (nSPS) is 20.0. The van der Waals surface area contributed by atoms with Gasteiger partial charge in [-0.1, -0.05) is 62.8 Å². The Kier molecular flexibility index (Phi) is 7.40. The molecule has 0 unspecified atom stereocenters. The van der Waals surface area contributed by atoms with E-state index in [1.165, 1.54) is 24.1 Å². The van der Waals surface area contributed by atoms with Gasteiger partial charge in [-0.3, -0.25) is 0 Å². The molecule has 0 spiro atoms. The lowest BCUT2D eigenvalue weighted by Crippen LogP contribution is -2.27. The highest BCUT2D eigenvalue weighted by atomic mass is 16.3. The van der Waals surface area contributed by atoms with Crippen LogP contribution in [0.3, 0.4) is 0 Å². The van der Waals surface area contributed by atoms with E-state index < -0.39 is 0 Å². The molecule has 0 aromatic heterocycles. The molecule has 0 radical (unpaired) electrons. The van der Waals surface area contributed by atoms with Gasteiger partial charge in [0.1, 0.15) is 11.5 Å². The third-order valence-electron chi connectivity index (χ3n) is 4.59. The van der Waals surface area contributed by atoms with Crippen LogP contribution in [0.2, 0.25) is 0 Å². The summed E-state index contributed by atoms with van der Waals surface area (Å²) in [4.78, 5) is 0. The molecular formula is C21H28O2. The highest BCUT2D eigenvalue weighted by molar-refractivity contribution is 5.40. The van der Waals surface area contributed by atoms with Gasteiger partial charge in [0.05, 0.1) is 0 Å². The zero-order chi connectivity index (χ0) is 17.3. The van der Waals surface area contributed by atoms with Crippen LogP contribution in [0.25, 0.3) is 0 Å². The highest BCUT2D eigenvalue weighted by Gasteiger charge is 2.35. The second-order valence-corrected chi connectivity index (χ2v) is 5.91. The SMILES string of the molecule is C=C/C(O)=C\C=C(/C)C1(/C(C=C)=C/C=C(/O)C=C)CCCCC1. The number of allylic oxidation sites excluding steroid dienone is 9. The van der Waals surface area contributed by atoms with Crippen molar-refractivity contribution in [2.75, 3.05) is 0 Å². The summed E-state index contributed by atoms with van der Waals surface area (Å²) in [5.74, 6) is 0.296. The smallest absolute Gasteiger partial charge is 0.114 e. The van der Waals surface area contributed by atoms with E-state index in [1.807, 2.05) is 18.2 Å². The van der Waals surface area contributed by atoms with E-state index >= 15 is 0 Å². The first-order valence-corrected chi connectivity index (χ1v) is 8.07. The van der Waals surface area contributed by atoms with Crippen LogP contribution in [0.5, 0.6) is 0 Å². The van der Waals surface area contributed by atoms with E-state index in [9.17, 15) is 10.2 Å². The molecule has 2 heteroatoms. The Bertz CT molecular complexity index is 565. The Balaban J connectivity index is 3.32. The average Bonchev–Trinajstić information content (AvgIpc) is 2.60. The molecule has 124 valence electrons. The van der Waals surface area contributed by atoms with Gasteiger partial charge in [0.2, 0.25) is 0 Å².